The first-order valence-electron chi connectivity index (χ1n) is 9.28. The van der Waals surface area contributed by atoms with Crippen molar-refractivity contribution in [3.63, 3.8) is 0 Å². The summed E-state index contributed by atoms with van der Waals surface area (Å²) in [6.45, 7) is 2.61. The third-order valence-corrected chi connectivity index (χ3v) is 5.08. The van der Waals surface area contributed by atoms with E-state index in [-0.39, 0.29) is 23.3 Å². The molecule has 3 aromatic rings. The van der Waals surface area contributed by atoms with E-state index >= 15 is 0 Å². The van der Waals surface area contributed by atoms with Crippen molar-refractivity contribution in [2.75, 3.05) is 13.1 Å². The van der Waals surface area contributed by atoms with Crippen LogP contribution in [0.15, 0.2) is 59.1 Å². The number of benzene rings is 2. The van der Waals surface area contributed by atoms with Gasteiger partial charge in [-0.15, -0.1) is 0 Å². The second-order valence-corrected chi connectivity index (χ2v) is 7.05. The Kier molecular flexibility index (Phi) is 5.20. The lowest BCUT2D eigenvalue weighted by Crippen LogP contribution is -2.27. The first-order chi connectivity index (χ1) is 14.0. The van der Waals surface area contributed by atoms with Crippen molar-refractivity contribution in [2.24, 2.45) is 0 Å². The maximum Gasteiger partial charge on any atom is 0.246 e. The summed E-state index contributed by atoms with van der Waals surface area (Å²) in [5.74, 6) is -0.534. The van der Waals surface area contributed by atoms with Gasteiger partial charge in [-0.1, -0.05) is 35.5 Å². The number of aromatic nitrogens is 2. The number of hydrogen-bond donors (Lipinski definition) is 0. The molecule has 1 aliphatic heterocycles. The summed E-state index contributed by atoms with van der Waals surface area (Å²) in [7, 11) is 0. The zero-order chi connectivity index (χ0) is 20.4. The van der Waals surface area contributed by atoms with Gasteiger partial charge in [0.1, 0.15) is 11.6 Å². The summed E-state index contributed by atoms with van der Waals surface area (Å²) in [4.78, 5) is 18.7. The van der Waals surface area contributed by atoms with Gasteiger partial charge in [0.2, 0.25) is 11.8 Å². The Morgan fingerprint density at radius 3 is 2.62 bits per heavy atom. The quantitative estimate of drug-likeness (QED) is 0.625. The highest BCUT2D eigenvalue weighted by Gasteiger charge is 2.39. The highest BCUT2D eigenvalue weighted by molar-refractivity contribution is 5.92. The lowest BCUT2D eigenvalue weighted by atomic mass is 9.89. The Labute approximate surface area is 166 Å². The zero-order valence-corrected chi connectivity index (χ0v) is 15.8. The van der Waals surface area contributed by atoms with Gasteiger partial charge in [0.15, 0.2) is 5.82 Å². The predicted molar refractivity (Wildman–Crippen MR) is 103 cm³/mol. The van der Waals surface area contributed by atoms with Crippen LogP contribution in [-0.2, 0) is 4.79 Å². The first-order valence-corrected chi connectivity index (χ1v) is 9.28. The standard InChI is InChI=1S/C22H19F2N3O2/c1-14-25-22(29-26-14)19-13-27(12-18(19)15-5-3-2-4-6-15)21(28)10-7-16-11-17(23)8-9-20(16)24/h2-11,18-19H,12-13H2,1H3/b10-7+. The van der Waals surface area contributed by atoms with Crippen molar-refractivity contribution in [2.45, 2.75) is 18.8 Å². The van der Waals surface area contributed by atoms with Gasteiger partial charge < -0.3 is 9.42 Å². The molecule has 0 aliphatic carbocycles. The van der Waals surface area contributed by atoms with Crippen LogP contribution < -0.4 is 0 Å². The Bertz CT molecular complexity index is 1050. The number of rotatable bonds is 4. The van der Waals surface area contributed by atoms with Crippen LogP contribution in [0, 0.1) is 18.6 Å². The van der Waals surface area contributed by atoms with Crippen LogP contribution in [0.4, 0.5) is 8.78 Å². The van der Waals surface area contributed by atoms with E-state index in [1.807, 2.05) is 30.3 Å². The van der Waals surface area contributed by atoms with Crippen molar-refractivity contribution in [1.29, 1.82) is 0 Å². The monoisotopic (exact) mass is 395 g/mol. The van der Waals surface area contributed by atoms with Crippen LogP contribution in [0.3, 0.4) is 0 Å². The maximum atomic E-state index is 13.8. The Morgan fingerprint density at radius 1 is 1.14 bits per heavy atom. The van der Waals surface area contributed by atoms with Crippen LogP contribution in [0.25, 0.3) is 6.08 Å². The molecule has 148 valence electrons. The molecule has 2 aromatic carbocycles. The van der Waals surface area contributed by atoms with Crippen molar-refractivity contribution >= 4 is 12.0 Å². The minimum absolute atomic E-state index is 0.000643. The van der Waals surface area contributed by atoms with Gasteiger partial charge >= 0.3 is 0 Å². The number of hydrogen-bond acceptors (Lipinski definition) is 4. The summed E-state index contributed by atoms with van der Waals surface area (Å²) in [5, 5.41) is 3.87. The fourth-order valence-electron chi connectivity index (χ4n) is 3.64. The molecule has 29 heavy (non-hydrogen) atoms. The predicted octanol–water partition coefficient (Wildman–Crippen LogP) is 4.08. The van der Waals surface area contributed by atoms with Crippen LogP contribution >= 0.6 is 0 Å². The molecular weight excluding hydrogens is 376 g/mol. The number of amides is 1. The fourth-order valence-corrected chi connectivity index (χ4v) is 3.64. The van der Waals surface area contributed by atoms with E-state index in [1.54, 1.807) is 11.8 Å². The van der Waals surface area contributed by atoms with Crippen LogP contribution in [0.5, 0.6) is 0 Å². The fraction of sp³-hybridized carbons (Fsp3) is 0.227. The summed E-state index contributed by atoms with van der Waals surface area (Å²) in [6.07, 6.45) is 2.56. The van der Waals surface area contributed by atoms with Gasteiger partial charge in [0.05, 0.1) is 5.92 Å². The molecule has 2 unspecified atom stereocenters. The van der Waals surface area contributed by atoms with Gasteiger partial charge in [-0.25, -0.2) is 8.78 Å². The topological polar surface area (TPSA) is 59.2 Å². The molecule has 0 saturated carbocycles. The van der Waals surface area contributed by atoms with Gasteiger partial charge in [-0.05, 0) is 36.8 Å². The number of likely N-dealkylation sites (tertiary alicyclic amines) is 1. The second kappa shape index (κ2) is 7.95. The molecular formula is C22H19F2N3O2. The average molecular weight is 395 g/mol. The summed E-state index contributed by atoms with van der Waals surface area (Å²) in [6, 6.07) is 13.0. The lowest BCUT2D eigenvalue weighted by molar-refractivity contribution is -0.125. The summed E-state index contributed by atoms with van der Waals surface area (Å²) in [5.41, 5.74) is 1.10. The first kappa shape index (κ1) is 19.0. The third kappa shape index (κ3) is 4.08. The van der Waals surface area contributed by atoms with Crippen LogP contribution in [-0.4, -0.2) is 34.0 Å². The molecule has 4 rings (SSSR count). The van der Waals surface area contributed by atoms with Crippen molar-refractivity contribution in [1.82, 2.24) is 15.0 Å². The molecule has 7 heteroatoms. The van der Waals surface area contributed by atoms with E-state index in [0.29, 0.717) is 24.8 Å². The molecule has 2 atom stereocenters. The highest BCUT2D eigenvalue weighted by atomic mass is 19.1. The van der Waals surface area contributed by atoms with Gasteiger partial charge in [0.25, 0.3) is 0 Å². The molecule has 2 heterocycles. The zero-order valence-electron chi connectivity index (χ0n) is 15.8. The molecule has 0 bridgehead atoms. The average Bonchev–Trinajstić information content (AvgIpc) is 3.35. The molecule has 0 N–H and O–H groups in total. The molecule has 5 nitrogen and oxygen atoms in total. The SMILES string of the molecule is Cc1noc(C2CN(C(=O)/C=C/c3cc(F)ccc3F)CC2c2ccccc2)n1. The van der Waals surface area contributed by atoms with Gasteiger partial charge in [0, 0.05) is 30.6 Å². The maximum absolute atomic E-state index is 13.8. The molecule has 1 saturated heterocycles. The van der Waals surface area contributed by atoms with Crippen molar-refractivity contribution < 1.29 is 18.1 Å². The minimum atomic E-state index is -0.585. The highest BCUT2D eigenvalue weighted by Crippen LogP contribution is 2.39. The molecule has 1 fully saturated rings. The Hall–Kier alpha value is -3.35. The van der Waals surface area contributed by atoms with E-state index in [2.05, 4.69) is 10.1 Å². The largest absolute Gasteiger partial charge is 0.339 e. The smallest absolute Gasteiger partial charge is 0.246 e. The normalized spacial score (nSPS) is 19.2. The van der Waals surface area contributed by atoms with E-state index in [9.17, 15) is 13.6 Å². The van der Waals surface area contributed by atoms with E-state index in [1.165, 1.54) is 12.2 Å². The molecule has 0 radical (unpaired) electrons. The summed E-state index contributed by atoms with van der Waals surface area (Å²) < 4.78 is 32.5. The Balaban J connectivity index is 1.57. The van der Waals surface area contributed by atoms with E-state index in [4.69, 9.17) is 4.52 Å². The van der Waals surface area contributed by atoms with Gasteiger partial charge in [-0.3, -0.25) is 4.79 Å². The molecule has 1 amide bonds. The van der Waals surface area contributed by atoms with Crippen molar-refractivity contribution in [3.05, 3.63) is 89.1 Å². The Morgan fingerprint density at radius 2 is 1.90 bits per heavy atom. The lowest BCUT2D eigenvalue weighted by Gasteiger charge is -2.15. The molecule has 1 aliphatic rings. The van der Waals surface area contributed by atoms with Crippen molar-refractivity contribution in [3.8, 4) is 0 Å². The van der Waals surface area contributed by atoms with E-state index < -0.39 is 11.6 Å². The minimum Gasteiger partial charge on any atom is -0.339 e. The van der Waals surface area contributed by atoms with Gasteiger partial charge in [-0.2, -0.15) is 4.98 Å². The van der Waals surface area contributed by atoms with Crippen LogP contribution in [0.2, 0.25) is 0 Å². The second-order valence-electron chi connectivity index (χ2n) is 7.05. The molecule has 0 spiro atoms. The number of carbonyl (C=O) groups excluding carboxylic acids is 1. The molecule has 1 aromatic heterocycles. The summed E-state index contributed by atoms with van der Waals surface area (Å²) >= 11 is 0. The number of nitrogens with zero attached hydrogens (tertiary/aromatic N) is 3. The number of halogens is 2. The third-order valence-electron chi connectivity index (χ3n) is 5.08. The van der Waals surface area contributed by atoms with Crippen LogP contribution in [0.1, 0.15) is 34.7 Å². The number of carbonyl (C=O) groups is 1. The van der Waals surface area contributed by atoms with E-state index in [0.717, 1.165) is 23.8 Å². The number of aryl methyl sites for hydroxylation is 1.